The second-order valence-electron chi connectivity index (χ2n) is 6.72. The van der Waals surface area contributed by atoms with Crippen LogP contribution in [-0.4, -0.2) is 41.0 Å². The summed E-state index contributed by atoms with van der Waals surface area (Å²) >= 11 is 5.97. The molecule has 1 atom stereocenters. The monoisotopic (exact) mass is 330 g/mol. The average Bonchev–Trinajstić information content (AvgIpc) is 3.00. The summed E-state index contributed by atoms with van der Waals surface area (Å²) in [6.45, 7) is 5.66. The fraction of sp³-hybridized carbons (Fsp3) is 0.500. The smallest absolute Gasteiger partial charge is 0.137 e. The molecule has 122 valence electrons. The summed E-state index contributed by atoms with van der Waals surface area (Å²) in [5, 5.41) is 4.28. The first-order chi connectivity index (χ1) is 11.3. The molecule has 0 aliphatic carbocycles. The Morgan fingerprint density at radius 3 is 2.91 bits per heavy atom. The molecule has 3 heterocycles. The van der Waals surface area contributed by atoms with Crippen LogP contribution in [0.2, 0.25) is 5.02 Å². The SMILES string of the molecule is Clc1ccc(-c2nc3c([nH]2)CN(C[C@H]2CCCNC2)CC3)cc1. The number of fused-ring (bicyclic) bond motifs is 1. The van der Waals surface area contributed by atoms with E-state index in [0.717, 1.165) is 41.8 Å². The van der Waals surface area contributed by atoms with E-state index < -0.39 is 0 Å². The number of aromatic amines is 1. The van der Waals surface area contributed by atoms with Crippen LogP contribution in [0.25, 0.3) is 11.4 Å². The topological polar surface area (TPSA) is 44.0 Å². The summed E-state index contributed by atoms with van der Waals surface area (Å²) < 4.78 is 0. The molecular weight excluding hydrogens is 308 g/mol. The van der Waals surface area contributed by atoms with Gasteiger partial charge < -0.3 is 10.3 Å². The van der Waals surface area contributed by atoms with Gasteiger partial charge >= 0.3 is 0 Å². The summed E-state index contributed by atoms with van der Waals surface area (Å²) in [6.07, 6.45) is 3.71. The van der Waals surface area contributed by atoms with Crippen molar-refractivity contribution >= 4 is 11.6 Å². The first-order valence-corrected chi connectivity index (χ1v) is 8.92. The van der Waals surface area contributed by atoms with Crippen molar-refractivity contribution in [3.05, 3.63) is 40.7 Å². The van der Waals surface area contributed by atoms with Crippen molar-refractivity contribution in [1.29, 1.82) is 0 Å². The van der Waals surface area contributed by atoms with Gasteiger partial charge in [-0.25, -0.2) is 4.98 Å². The van der Waals surface area contributed by atoms with Crippen molar-refractivity contribution < 1.29 is 0 Å². The molecular formula is C18H23ClN4. The lowest BCUT2D eigenvalue weighted by molar-refractivity contribution is 0.191. The van der Waals surface area contributed by atoms with Gasteiger partial charge in [-0.15, -0.1) is 0 Å². The van der Waals surface area contributed by atoms with E-state index in [9.17, 15) is 0 Å². The molecule has 0 spiro atoms. The Labute approximate surface area is 142 Å². The average molecular weight is 331 g/mol. The molecule has 0 bridgehead atoms. The molecule has 1 aromatic heterocycles. The maximum atomic E-state index is 5.97. The number of hydrogen-bond donors (Lipinski definition) is 2. The van der Waals surface area contributed by atoms with Gasteiger partial charge in [0, 0.05) is 36.6 Å². The molecule has 4 rings (SSSR count). The third kappa shape index (κ3) is 3.44. The van der Waals surface area contributed by atoms with E-state index in [1.807, 2.05) is 24.3 Å². The second kappa shape index (κ2) is 6.63. The zero-order chi connectivity index (χ0) is 15.6. The molecule has 1 saturated heterocycles. The van der Waals surface area contributed by atoms with Crippen LogP contribution < -0.4 is 5.32 Å². The van der Waals surface area contributed by atoms with Gasteiger partial charge in [0.05, 0.1) is 11.4 Å². The van der Waals surface area contributed by atoms with Gasteiger partial charge in [-0.05, 0) is 56.1 Å². The summed E-state index contributed by atoms with van der Waals surface area (Å²) in [5.74, 6) is 1.76. The summed E-state index contributed by atoms with van der Waals surface area (Å²) in [7, 11) is 0. The van der Waals surface area contributed by atoms with Gasteiger partial charge in [0.2, 0.25) is 0 Å². The van der Waals surface area contributed by atoms with E-state index in [4.69, 9.17) is 16.6 Å². The van der Waals surface area contributed by atoms with Gasteiger partial charge in [0.15, 0.2) is 0 Å². The van der Waals surface area contributed by atoms with Gasteiger partial charge in [-0.3, -0.25) is 4.90 Å². The van der Waals surface area contributed by atoms with Crippen LogP contribution in [0.3, 0.4) is 0 Å². The number of rotatable bonds is 3. The van der Waals surface area contributed by atoms with E-state index in [0.29, 0.717) is 0 Å². The Bertz CT molecular complexity index is 658. The van der Waals surface area contributed by atoms with Crippen LogP contribution in [0.1, 0.15) is 24.2 Å². The Kier molecular flexibility index (Phi) is 4.38. The van der Waals surface area contributed by atoms with Crippen molar-refractivity contribution in [1.82, 2.24) is 20.2 Å². The Morgan fingerprint density at radius 2 is 2.13 bits per heavy atom. The molecule has 23 heavy (non-hydrogen) atoms. The maximum Gasteiger partial charge on any atom is 0.137 e. The van der Waals surface area contributed by atoms with Crippen LogP contribution in [-0.2, 0) is 13.0 Å². The third-order valence-corrected chi connectivity index (χ3v) is 5.20. The molecule has 2 aromatic rings. The normalized spacial score (nSPS) is 22.0. The number of halogens is 1. The largest absolute Gasteiger partial charge is 0.341 e. The second-order valence-corrected chi connectivity index (χ2v) is 7.15. The van der Waals surface area contributed by atoms with E-state index >= 15 is 0 Å². The molecule has 0 amide bonds. The predicted octanol–water partition coefficient (Wildman–Crippen LogP) is 3.09. The van der Waals surface area contributed by atoms with E-state index in [1.165, 1.54) is 43.9 Å². The molecule has 4 nitrogen and oxygen atoms in total. The minimum absolute atomic E-state index is 0.761. The molecule has 0 radical (unpaired) electrons. The lowest BCUT2D eigenvalue weighted by Crippen LogP contribution is -2.40. The van der Waals surface area contributed by atoms with Crippen LogP contribution in [0.5, 0.6) is 0 Å². The lowest BCUT2D eigenvalue weighted by atomic mass is 9.98. The first kappa shape index (κ1) is 15.2. The highest BCUT2D eigenvalue weighted by atomic mass is 35.5. The van der Waals surface area contributed by atoms with Crippen molar-refractivity contribution in [2.75, 3.05) is 26.2 Å². The quantitative estimate of drug-likeness (QED) is 0.909. The van der Waals surface area contributed by atoms with Gasteiger partial charge in [0.1, 0.15) is 5.82 Å². The fourth-order valence-electron chi connectivity index (χ4n) is 3.69. The zero-order valence-corrected chi connectivity index (χ0v) is 14.1. The third-order valence-electron chi connectivity index (χ3n) is 4.94. The van der Waals surface area contributed by atoms with Gasteiger partial charge in [0.25, 0.3) is 0 Å². The Morgan fingerprint density at radius 1 is 1.26 bits per heavy atom. The number of piperidine rings is 1. The number of hydrogen-bond acceptors (Lipinski definition) is 3. The maximum absolute atomic E-state index is 5.97. The number of H-pyrrole nitrogens is 1. The number of nitrogens with zero attached hydrogens (tertiary/aromatic N) is 2. The molecule has 1 aromatic carbocycles. The van der Waals surface area contributed by atoms with Crippen LogP contribution >= 0.6 is 11.6 Å². The number of benzene rings is 1. The summed E-state index contributed by atoms with van der Waals surface area (Å²) in [4.78, 5) is 10.9. The zero-order valence-electron chi connectivity index (χ0n) is 13.3. The Hall–Kier alpha value is -1.36. The molecule has 2 aliphatic heterocycles. The molecule has 0 saturated carbocycles. The van der Waals surface area contributed by atoms with E-state index in [-0.39, 0.29) is 0 Å². The standard InChI is InChI=1S/C18H23ClN4/c19-15-5-3-14(4-6-15)18-21-16-7-9-23(12-17(16)22-18)11-13-2-1-8-20-10-13/h3-6,13,20H,1-2,7-12H2,(H,21,22)/t13-/m0/s1. The van der Waals surface area contributed by atoms with Crippen LogP contribution in [0.4, 0.5) is 0 Å². The minimum Gasteiger partial charge on any atom is -0.341 e. The van der Waals surface area contributed by atoms with E-state index in [2.05, 4.69) is 15.2 Å². The first-order valence-electron chi connectivity index (χ1n) is 8.55. The Balaban J connectivity index is 1.46. The predicted molar refractivity (Wildman–Crippen MR) is 93.6 cm³/mol. The molecule has 2 aliphatic rings. The lowest BCUT2D eigenvalue weighted by Gasteiger charge is -2.32. The van der Waals surface area contributed by atoms with Crippen LogP contribution in [0, 0.1) is 5.92 Å². The number of imidazole rings is 1. The molecule has 5 heteroatoms. The number of nitrogens with one attached hydrogen (secondary N) is 2. The number of aromatic nitrogens is 2. The van der Waals surface area contributed by atoms with Gasteiger partial charge in [-0.2, -0.15) is 0 Å². The summed E-state index contributed by atoms with van der Waals surface area (Å²) in [6, 6.07) is 7.89. The molecule has 2 N–H and O–H groups in total. The van der Waals surface area contributed by atoms with Crippen molar-refractivity contribution in [2.24, 2.45) is 5.92 Å². The van der Waals surface area contributed by atoms with Crippen molar-refractivity contribution in [3.8, 4) is 11.4 Å². The highest BCUT2D eigenvalue weighted by Gasteiger charge is 2.23. The van der Waals surface area contributed by atoms with Crippen molar-refractivity contribution in [2.45, 2.75) is 25.8 Å². The minimum atomic E-state index is 0.761. The molecule has 1 fully saturated rings. The fourth-order valence-corrected chi connectivity index (χ4v) is 3.82. The van der Waals surface area contributed by atoms with Gasteiger partial charge in [-0.1, -0.05) is 11.6 Å². The van der Waals surface area contributed by atoms with Crippen LogP contribution in [0.15, 0.2) is 24.3 Å². The van der Waals surface area contributed by atoms with Crippen molar-refractivity contribution in [3.63, 3.8) is 0 Å². The molecule has 0 unspecified atom stereocenters. The highest BCUT2D eigenvalue weighted by molar-refractivity contribution is 6.30. The van der Waals surface area contributed by atoms with E-state index in [1.54, 1.807) is 0 Å². The highest BCUT2D eigenvalue weighted by Crippen LogP contribution is 2.25. The summed E-state index contributed by atoms with van der Waals surface area (Å²) in [5.41, 5.74) is 3.62.